The zero-order valence-corrected chi connectivity index (χ0v) is 14.7. The number of rotatable bonds is 6. The molecule has 0 unspecified atom stereocenters. The first-order chi connectivity index (χ1) is 11.2. The zero-order valence-electron chi connectivity index (χ0n) is 13.1. The van der Waals surface area contributed by atoms with Crippen molar-refractivity contribution in [2.75, 3.05) is 11.8 Å². The minimum atomic E-state index is -4.24. The van der Waals surface area contributed by atoms with Crippen LogP contribution in [0.1, 0.15) is 12.5 Å². The van der Waals surface area contributed by atoms with E-state index < -0.39 is 25.7 Å². The van der Waals surface area contributed by atoms with Gasteiger partial charge in [-0.15, -0.1) is 0 Å². The predicted octanol–water partition coefficient (Wildman–Crippen LogP) is 2.58. The summed E-state index contributed by atoms with van der Waals surface area (Å²) < 4.78 is 33.7. The second-order valence-corrected chi connectivity index (χ2v) is 6.89. The topological polar surface area (TPSA) is 116 Å². The molecule has 1 aromatic heterocycles. The Bertz CT molecular complexity index is 894. The number of hydrogen-bond donors (Lipinski definition) is 1. The molecule has 130 valence electrons. The van der Waals surface area contributed by atoms with E-state index in [1.54, 1.807) is 13.8 Å². The van der Waals surface area contributed by atoms with Crippen LogP contribution in [0.4, 0.5) is 11.5 Å². The van der Waals surface area contributed by atoms with E-state index in [0.29, 0.717) is 17.1 Å². The van der Waals surface area contributed by atoms with Crippen LogP contribution >= 0.6 is 11.6 Å². The van der Waals surface area contributed by atoms with Crippen molar-refractivity contribution in [2.45, 2.75) is 25.3 Å². The summed E-state index contributed by atoms with van der Waals surface area (Å²) in [7, 11) is -2.88. The lowest BCUT2D eigenvalue weighted by molar-refractivity contribution is -0.392. The maximum absolute atomic E-state index is 12.6. The lowest BCUT2D eigenvalue weighted by Gasteiger charge is -2.12. The summed E-state index contributed by atoms with van der Waals surface area (Å²) >= 11 is 5.98. The summed E-state index contributed by atoms with van der Waals surface area (Å²) in [6.45, 7) is 3.67. The van der Waals surface area contributed by atoms with Gasteiger partial charge in [-0.1, -0.05) is 11.6 Å². The molecule has 2 rings (SSSR count). The highest BCUT2D eigenvalue weighted by molar-refractivity contribution is 7.92. The standard InChI is InChI=1S/C13H15ClN4O5S/c1-4-17-7-12(13(15-17)18(19)20)24(21,22)16-10-5-8(2)9(14)6-11(10)23-3/h5-7,16H,4H2,1-3H3. The van der Waals surface area contributed by atoms with Gasteiger partial charge in [-0.05, 0) is 30.4 Å². The summed E-state index contributed by atoms with van der Waals surface area (Å²) in [5, 5.41) is 15.1. The molecule has 2 aromatic rings. The van der Waals surface area contributed by atoms with E-state index >= 15 is 0 Å². The predicted molar refractivity (Wildman–Crippen MR) is 88.1 cm³/mol. The molecule has 9 nitrogen and oxygen atoms in total. The molecule has 24 heavy (non-hydrogen) atoms. The van der Waals surface area contributed by atoms with E-state index in [1.807, 2.05) is 0 Å². The van der Waals surface area contributed by atoms with E-state index in [0.717, 1.165) is 6.20 Å². The van der Waals surface area contributed by atoms with Gasteiger partial charge in [-0.3, -0.25) is 4.72 Å². The van der Waals surface area contributed by atoms with Crippen LogP contribution in [-0.2, 0) is 16.6 Å². The number of nitrogens with zero attached hydrogens (tertiary/aromatic N) is 3. The Morgan fingerprint density at radius 3 is 2.67 bits per heavy atom. The third-order valence-corrected chi connectivity index (χ3v) is 4.98. The number of benzene rings is 1. The fourth-order valence-corrected chi connectivity index (χ4v) is 3.31. The van der Waals surface area contributed by atoms with Crippen LogP contribution in [-0.4, -0.2) is 30.2 Å². The van der Waals surface area contributed by atoms with Crippen LogP contribution in [0.15, 0.2) is 23.2 Å². The van der Waals surface area contributed by atoms with Crippen LogP contribution in [0.2, 0.25) is 5.02 Å². The van der Waals surface area contributed by atoms with Crippen molar-refractivity contribution in [3.8, 4) is 5.75 Å². The molecule has 0 aliphatic carbocycles. The molecule has 0 spiro atoms. The number of anilines is 1. The average Bonchev–Trinajstić information content (AvgIpc) is 2.96. The van der Waals surface area contributed by atoms with Crippen LogP contribution in [0.3, 0.4) is 0 Å². The van der Waals surface area contributed by atoms with E-state index in [4.69, 9.17) is 16.3 Å². The van der Waals surface area contributed by atoms with Crippen molar-refractivity contribution in [2.24, 2.45) is 0 Å². The minimum absolute atomic E-state index is 0.123. The first kappa shape index (κ1) is 18.0. The van der Waals surface area contributed by atoms with Gasteiger partial charge < -0.3 is 14.9 Å². The molecule has 0 amide bonds. The third kappa shape index (κ3) is 3.44. The smallest absolute Gasteiger partial charge is 0.410 e. The van der Waals surface area contributed by atoms with E-state index in [-0.39, 0.29) is 11.4 Å². The Labute approximate surface area is 143 Å². The van der Waals surface area contributed by atoms with Gasteiger partial charge in [0.25, 0.3) is 10.0 Å². The Morgan fingerprint density at radius 1 is 1.46 bits per heavy atom. The summed E-state index contributed by atoms with van der Waals surface area (Å²) in [5.41, 5.74) is 0.742. The highest BCUT2D eigenvalue weighted by Gasteiger charge is 2.31. The monoisotopic (exact) mass is 374 g/mol. The van der Waals surface area contributed by atoms with Crippen molar-refractivity contribution in [3.05, 3.63) is 39.0 Å². The van der Waals surface area contributed by atoms with Crippen molar-refractivity contribution in [1.82, 2.24) is 9.78 Å². The van der Waals surface area contributed by atoms with Gasteiger partial charge in [0.1, 0.15) is 5.75 Å². The molecular weight excluding hydrogens is 360 g/mol. The second kappa shape index (κ2) is 6.65. The molecule has 0 saturated heterocycles. The number of aromatic nitrogens is 2. The Morgan fingerprint density at radius 2 is 2.12 bits per heavy atom. The van der Waals surface area contributed by atoms with Crippen LogP contribution in [0, 0.1) is 17.0 Å². The maximum Gasteiger partial charge on any atom is 0.410 e. The first-order valence-electron chi connectivity index (χ1n) is 6.78. The Kier molecular flexibility index (Phi) is 4.99. The van der Waals surface area contributed by atoms with Crippen molar-refractivity contribution < 1.29 is 18.1 Å². The Balaban J connectivity index is 2.52. The number of nitro groups is 1. The molecule has 11 heteroatoms. The lowest BCUT2D eigenvalue weighted by Crippen LogP contribution is -2.14. The molecule has 0 bridgehead atoms. The van der Waals surface area contributed by atoms with Crippen molar-refractivity contribution in [1.29, 1.82) is 0 Å². The lowest BCUT2D eigenvalue weighted by atomic mass is 10.2. The number of methoxy groups -OCH3 is 1. The van der Waals surface area contributed by atoms with Gasteiger partial charge >= 0.3 is 5.82 Å². The highest BCUT2D eigenvalue weighted by Crippen LogP contribution is 2.33. The quantitative estimate of drug-likeness (QED) is 0.613. The molecule has 1 heterocycles. The largest absolute Gasteiger partial charge is 0.495 e. The highest BCUT2D eigenvalue weighted by atomic mass is 35.5. The van der Waals surface area contributed by atoms with Crippen LogP contribution in [0.5, 0.6) is 5.75 Å². The normalized spacial score (nSPS) is 11.3. The number of aryl methyl sites for hydroxylation is 2. The van der Waals surface area contributed by atoms with Gasteiger partial charge in [0.05, 0.1) is 30.6 Å². The number of nitrogens with one attached hydrogen (secondary N) is 1. The molecule has 0 saturated carbocycles. The van der Waals surface area contributed by atoms with E-state index in [2.05, 4.69) is 9.82 Å². The molecule has 0 radical (unpaired) electrons. The average molecular weight is 375 g/mol. The van der Waals surface area contributed by atoms with Crippen LogP contribution < -0.4 is 9.46 Å². The van der Waals surface area contributed by atoms with Gasteiger partial charge in [0.2, 0.25) is 4.90 Å². The molecule has 0 aliphatic heterocycles. The minimum Gasteiger partial charge on any atom is -0.495 e. The van der Waals surface area contributed by atoms with Gasteiger partial charge in [0, 0.05) is 11.1 Å². The SMILES string of the molecule is CCn1cc(S(=O)(=O)Nc2cc(C)c(Cl)cc2OC)c([N+](=O)[O-])n1. The number of hydrogen-bond acceptors (Lipinski definition) is 6. The number of halogens is 1. The van der Waals surface area contributed by atoms with Gasteiger partial charge in [-0.2, -0.15) is 4.68 Å². The van der Waals surface area contributed by atoms with Gasteiger partial charge in [0.15, 0.2) is 0 Å². The van der Waals surface area contributed by atoms with E-state index in [9.17, 15) is 18.5 Å². The summed E-state index contributed by atoms with van der Waals surface area (Å²) in [5.74, 6) is -0.547. The van der Waals surface area contributed by atoms with Crippen LogP contribution in [0.25, 0.3) is 0 Å². The van der Waals surface area contributed by atoms with Crippen molar-refractivity contribution in [3.63, 3.8) is 0 Å². The maximum atomic E-state index is 12.6. The van der Waals surface area contributed by atoms with E-state index in [1.165, 1.54) is 23.9 Å². The summed E-state index contributed by atoms with van der Waals surface area (Å²) in [6.07, 6.45) is 1.11. The summed E-state index contributed by atoms with van der Waals surface area (Å²) in [4.78, 5) is 9.70. The Hall–Kier alpha value is -2.33. The molecule has 0 atom stereocenters. The molecular formula is C13H15ClN4O5S. The van der Waals surface area contributed by atoms with Gasteiger partial charge in [-0.25, -0.2) is 8.42 Å². The number of sulfonamides is 1. The molecule has 0 fully saturated rings. The summed E-state index contributed by atoms with van der Waals surface area (Å²) in [6, 6.07) is 2.94. The first-order valence-corrected chi connectivity index (χ1v) is 8.64. The molecule has 0 aliphatic rings. The number of ether oxygens (including phenoxy) is 1. The van der Waals surface area contributed by atoms with Crippen molar-refractivity contribution >= 4 is 33.1 Å². The zero-order chi connectivity index (χ0) is 18.1. The third-order valence-electron chi connectivity index (χ3n) is 3.22. The fourth-order valence-electron chi connectivity index (χ4n) is 1.98. The second-order valence-electron chi connectivity index (χ2n) is 4.84. The fraction of sp³-hybridized carbons (Fsp3) is 0.308. The molecule has 1 aromatic carbocycles. The molecule has 1 N–H and O–H groups in total.